The lowest BCUT2D eigenvalue weighted by Gasteiger charge is -2.19. The molecule has 124 heavy (non-hydrogen) atoms. The van der Waals surface area contributed by atoms with Crippen LogP contribution in [0.3, 0.4) is 0 Å². The Labute approximate surface area is 747 Å². The highest BCUT2D eigenvalue weighted by molar-refractivity contribution is 6.26. The average Bonchev–Trinajstić information content (AvgIpc) is 0.781. The lowest BCUT2D eigenvalue weighted by atomic mass is 9.85. The van der Waals surface area contributed by atoms with Crippen LogP contribution < -0.4 is 0 Å². The van der Waals surface area contributed by atoms with Crippen LogP contribution in [0.2, 0.25) is 0 Å². The maximum Gasteiger partial charge on any atom is 0.0630 e. The molecule has 0 unspecified atom stereocenters. The lowest BCUT2D eigenvalue weighted by Crippen LogP contribution is -1.97. The van der Waals surface area contributed by atoms with Gasteiger partial charge in [-0.1, -0.05) is 340 Å². The highest BCUT2D eigenvalue weighted by Crippen LogP contribution is 2.42. The highest BCUT2D eigenvalue weighted by atomic mass is 35.5. The van der Waals surface area contributed by atoms with E-state index in [1.165, 1.54) is 0 Å². The molecule has 0 saturated heterocycles. The first-order chi connectivity index (χ1) is 61.3. The van der Waals surface area contributed by atoms with Crippen LogP contribution in [0, 0.1) is 0 Å². The second kappa shape index (κ2) is 48.1. The van der Waals surface area contributed by atoms with E-state index in [9.17, 15) is 0 Å². The van der Waals surface area contributed by atoms with Crippen molar-refractivity contribution in [3.63, 3.8) is 0 Å². The molecular formula is C112H88Cl4N8. The van der Waals surface area contributed by atoms with Crippen molar-refractivity contribution in [1.29, 1.82) is 0 Å². The van der Waals surface area contributed by atoms with E-state index in [0.717, 1.165) is 157 Å². The predicted molar refractivity (Wildman–Crippen MR) is 534 cm³/mol. The van der Waals surface area contributed by atoms with Crippen LogP contribution in [0.1, 0.15) is 89.0 Å². The third-order valence-electron chi connectivity index (χ3n) is 19.2. The number of hydrogen-bond donors (Lipinski definition) is 0. The fourth-order valence-electron chi connectivity index (χ4n) is 13.0. The van der Waals surface area contributed by atoms with Crippen LogP contribution in [0.5, 0.6) is 0 Å². The SMILES string of the molecule is C(=Nc1ccc(C(=C(c2ccc(N=Cc3ccccc3)cc2)c2ccc(N=Cc3ccccc3)cc2)c2ccc(N=Cc3ccccc3)cc2)cc1)c1ccccc1.C(=Nc1ccc(C(=C(c2ccc(N=Cc3ccccc3)cc2)c2ccc(N=Cc3ccccc3)cc2)c2ccc(N=Cc3ccccc3)cc2)cc1)c1ccccc1.ClCCCl.ClCCCl. The first-order valence-electron chi connectivity index (χ1n) is 40.6. The molecule has 16 rings (SSSR count). The van der Waals surface area contributed by atoms with Gasteiger partial charge in [0.05, 0.1) is 45.5 Å². The van der Waals surface area contributed by atoms with Crippen molar-refractivity contribution in [2.24, 2.45) is 39.9 Å². The number of aliphatic imine (C=N–C) groups is 8. The molecule has 0 aromatic heterocycles. The summed E-state index contributed by atoms with van der Waals surface area (Å²) in [4.78, 5) is 38.3. The van der Waals surface area contributed by atoms with Gasteiger partial charge in [0.25, 0.3) is 0 Å². The molecule has 0 aliphatic carbocycles. The van der Waals surface area contributed by atoms with Crippen molar-refractivity contribution >= 4 is 164 Å². The van der Waals surface area contributed by atoms with E-state index in [0.29, 0.717) is 23.5 Å². The minimum Gasteiger partial charge on any atom is -0.256 e. The summed E-state index contributed by atoms with van der Waals surface area (Å²) in [6, 6.07) is 149. The Balaban J connectivity index is 0.000000196. The highest BCUT2D eigenvalue weighted by Gasteiger charge is 2.20. The standard InChI is InChI=1S/2C54H40N4.2C2H4Cl2/c2*1-5-13-41(14-6-1)37-55-49-29-21-45(22-30-49)53(46-23-31-50(32-24-46)56-38-42-15-7-2-8-16-42)54(47-25-33-51(34-26-47)57-39-43-17-9-3-10-18-43)48-27-35-52(36-28-48)58-40-44-19-11-4-12-20-44;2*3-1-2-4/h2*1-40H;2*1-2H2. The van der Waals surface area contributed by atoms with Crippen molar-refractivity contribution in [3.05, 3.63) is 526 Å². The first kappa shape index (κ1) is 87.3. The zero-order valence-corrected chi connectivity index (χ0v) is 71.1. The molecule has 0 radical (unpaired) electrons. The quantitative estimate of drug-likeness (QED) is 0.0293. The summed E-state index contributed by atoms with van der Waals surface area (Å²) in [5.74, 6) is 2.23. The van der Waals surface area contributed by atoms with Crippen molar-refractivity contribution in [2.75, 3.05) is 23.5 Å². The van der Waals surface area contributed by atoms with Gasteiger partial charge < -0.3 is 0 Å². The third kappa shape index (κ3) is 27.3. The van der Waals surface area contributed by atoms with E-state index < -0.39 is 0 Å². The first-order valence-corrected chi connectivity index (χ1v) is 42.7. The van der Waals surface area contributed by atoms with Crippen LogP contribution >= 0.6 is 46.4 Å². The van der Waals surface area contributed by atoms with Gasteiger partial charge in [-0.3, -0.25) is 39.9 Å². The molecule has 0 bridgehead atoms. The zero-order chi connectivity index (χ0) is 85.2. The second-order valence-electron chi connectivity index (χ2n) is 28.0. The molecule has 0 saturated carbocycles. The summed E-state index contributed by atoms with van der Waals surface area (Å²) in [6.45, 7) is 0. The molecule has 0 aliphatic heterocycles. The molecule has 0 aliphatic rings. The largest absolute Gasteiger partial charge is 0.256 e. The molecule has 16 aromatic rings. The summed E-state index contributed by atoms with van der Waals surface area (Å²) < 4.78 is 0. The molecule has 16 aromatic carbocycles. The number of hydrogen-bond acceptors (Lipinski definition) is 8. The summed E-state index contributed by atoms with van der Waals surface area (Å²) in [6.07, 6.45) is 15.2. The average molecular weight is 1690 g/mol. The summed E-state index contributed by atoms with van der Waals surface area (Å²) >= 11 is 20.2. The molecule has 12 heteroatoms. The molecule has 0 fully saturated rings. The fourth-order valence-corrected chi connectivity index (χ4v) is 13.0. The Morgan fingerprint density at radius 1 is 0.137 bits per heavy atom. The van der Waals surface area contributed by atoms with E-state index >= 15 is 0 Å². The Hall–Kier alpha value is -14.5. The summed E-state index contributed by atoms with van der Waals surface area (Å²) in [5, 5.41) is 0. The van der Waals surface area contributed by atoms with E-state index in [4.69, 9.17) is 86.3 Å². The molecule has 604 valence electrons. The Morgan fingerprint density at radius 3 is 0.323 bits per heavy atom. The minimum atomic E-state index is 0.557. The maximum atomic E-state index is 5.05. The molecule has 0 N–H and O–H groups in total. The van der Waals surface area contributed by atoms with Crippen LogP contribution in [-0.4, -0.2) is 73.2 Å². The zero-order valence-electron chi connectivity index (χ0n) is 68.1. The van der Waals surface area contributed by atoms with Crippen LogP contribution in [-0.2, 0) is 0 Å². The van der Waals surface area contributed by atoms with E-state index in [1.807, 2.05) is 195 Å². The van der Waals surface area contributed by atoms with Crippen LogP contribution in [0.25, 0.3) is 22.3 Å². The van der Waals surface area contributed by atoms with Gasteiger partial charge in [0.2, 0.25) is 0 Å². The molecule has 0 atom stereocenters. The van der Waals surface area contributed by atoms with Gasteiger partial charge in [0.1, 0.15) is 0 Å². The topological polar surface area (TPSA) is 98.9 Å². The second-order valence-corrected chi connectivity index (χ2v) is 29.5. The van der Waals surface area contributed by atoms with Crippen molar-refractivity contribution in [1.82, 2.24) is 0 Å². The van der Waals surface area contributed by atoms with Crippen molar-refractivity contribution < 1.29 is 0 Å². The molecule has 8 nitrogen and oxygen atoms in total. The van der Waals surface area contributed by atoms with Gasteiger partial charge in [-0.2, -0.15) is 0 Å². The summed E-state index contributed by atoms with van der Waals surface area (Å²) in [5.41, 5.74) is 28.2. The lowest BCUT2D eigenvalue weighted by molar-refractivity contribution is 1.45. The van der Waals surface area contributed by atoms with E-state index in [1.54, 1.807) is 0 Å². The number of halogens is 4. The Morgan fingerprint density at radius 2 is 0.234 bits per heavy atom. The molecule has 0 spiro atoms. The Bertz CT molecular complexity index is 5080. The Kier molecular flexibility index (Phi) is 33.9. The number of alkyl halides is 4. The third-order valence-corrected chi connectivity index (χ3v) is 20.3. The minimum absolute atomic E-state index is 0.557. The summed E-state index contributed by atoms with van der Waals surface area (Å²) in [7, 11) is 0. The van der Waals surface area contributed by atoms with Gasteiger partial charge in [-0.05, 0) is 208 Å². The molecular weight excluding hydrogens is 1600 g/mol. The number of rotatable bonds is 26. The maximum absolute atomic E-state index is 5.05. The van der Waals surface area contributed by atoms with Crippen LogP contribution in [0.15, 0.2) is 477 Å². The van der Waals surface area contributed by atoms with E-state index in [2.05, 4.69) is 291 Å². The van der Waals surface area contributed by atoms with Gasteiger partial charge in [-0.15, -0.1) is 46.4 Å². The molecule has 0 heterocycles. The molecule has 0 amide bonds. The normalized spacial score (nSPS) is 11.3. The van der Waals surface area contributed by atoms with Gasteiger partial charge in [0, 0.05) is 73.2 Å². The van der Waals surface area contributed by atoms with Crippen molar-refractivity contribution in [2.45, 2.75) is 0 Å². The van der Waals surface area contributed by atoms with Gasteiger partial charge in [-0.25, -0.2) is 0 Å². The van der Waals surface area contributed by atoms with Crippen LogP contribution in [0.4, 0.5) is 45.5 Å². The fraction of sp³-hybridized carbons (Fsp3) is 0.0357. The predicted octanol–water partition coefficient (Wildman–Crippen LogP) is 30.3. The smallest absolute Gasteiger partial charge is 0.0630 e. The van der Waals surface area contributed by atoms with Gasteiger partial charge >= 0.3 is 0 Å². The van der Waals surface area contributed by atoms with Crippen molar-refractivity contribution in [3.8, 4) is 0 Å². The van der Waals surface area contributed by atoms with E-state index in [-0.39, 0.29) is 0 Å². The monoisotopic (exact) mass is 1680 g/mol. The number of nitrogens with zero attached hydrogens (tertiary/aromatic N) is 8. The number of benzene rings is 16. The van der Waals surface area contributed by atoms with Gasteiger partial charge in [0.15, 0.2) is 0 Å².